The van der Waals surface area contributed by atoms with Crippen molar-refractivity contribution >= 4 is 5.91 Å². The fourth-order valence-corrected chi connectivity index (χ4v) is 2.58. The molecule has 0 spiro atoms. The Balaban J connectivity index is 1.84. The topological polar surface area (TPSA) is 52.6 Å². The van der Waals surface area contributed by atoms with Gasteiger partial charge in [-0.1, -0.05) is 37.3 Å². The average Bonchev–Trinajstić information content (AvgIpc) is 2.48. The molecule has 0 bridgehead atoms. The molecule has 1 atom stereocenters. The Kier molecular flexibility index (Phi) is 5.56. The molecule has 0 saturated carbocycles. The minimum atomic E-state index is -0.313. The summed E-state index contributed by atoms with van der Waals surface area (Å²) >= 11 is 0. The number of aliphatic hydroxyl groups excluding tert-OH is 1. The van der Waals surface area contributed by atoms with Crippen LogP contribution < -0.4 is 5.32 Å². The lowest BCUT2D eigenvalue weighted by Crippen LogP contribution is -2.42. The van der Waals surface area contributed by atoms with Crippen LogP contribution in [0.25, 0.3) is 0 Å². The molecule has 110 valence electrons. The zero-order valence-electron chi connectivity index (χ0n) is 12.1. The number of benzene rings is 1. The maximum absolute atomic E-state index is 12.1. The van der Waals surface area contributed by atoms with Crippen LogP contribution in [0.5, 0.6) is 0 Å². The van der Waals surface area contributed by atoms with Crippen LogP contribution in [-0.2, 0) is 4.79 Å². The Morgan fingerprint density at radius 3 is 2.60 bits per heavy atom. The molecule has 1 aromatic rings. The number of carbonyl (C=O) groups is 1. The van der Waals surface area contributed by atoms with Gasteiger partial charge in [-0.2, -0.15) is 0 Å². The molecule has 1 fully saturated rings. The van der Waals surface area contributed by atoms with Crippen molar-refractivity contribution in [2.75, 3.05) is 26.2 Å². The first-order valence-corrected chi connectivity index (χ1v) is 7.36. The number of nitrogens with zero attached hydrogens (tertiary/aromatic N) is 1. The fourth-order valence-electron chi connectivity index (χ4n) is 2.58. The molecule has 0 aliphatic carbocycles. The third-order valence-electron chi connectivity index (χ3n) is 3.96. The summed E-state index contributed by atoms with van der Waals surface area (Å²) in [6.45, 7) is 4.59. The van der Waals surface area contributed by atoms with Gasteiger partial charge in [-0.25, -0.2) is 0 Å². The third-order valence-corrected chi connectivity index (χ3v) is 3.96. The molecule has 0 radical (unpaired) electrons. The summed E-state index contributed by atoms with van der Waals surface area (Å²) in [6, 6.07) is 9.28. The molecule has 4 nitrogen and oxygen atoms in total. The molecule has 1 heterocycles. The SMILES string of the molecule is CC1CCN(CC(=O)NC(CO)c2ccccc2)CC1. The standard InChI is InChI=1S/C16H24N2O2/c1-13-7-9-18(10-8-13)11-16(20)17-15(12-19)14-5-3-2-4-6-14/h2-6,13,15,19H,7-12H2,1H3,(H,17,20). The number of hydrogen-bond acceptors (Lipinski definition) is 3. The third kappa shape index (κ3) is 4.32. The van der Waals surface area contributed by atoms with Crippen LogP contribution in [-0.4, -0.2) is 42.2 Å². The lowest BCUT2D eigenvalue weighted by molar-refractivity contribution is -0.123. The van der Waals surface area contributed by atoms with E-state index in [0.29, 0.717) is 6.54 Å². The molecule has 20 heavy (non-hydrogen) atoms. The summed E-state index contributed by atoms with van der Waals surface area (Å²) in [5, 5.41) is 12.4. The van der Waals surface area contributed by atoms with Gasteiger partial charge < -0.3 is 10.4 Å². The van der Waals surface area contributed by atoms with Gasteiger partial charge in [-0.15, -0.1) is 0 Å². The van der Waals surface area contributed by atoms with Crippen LogP contribution in [0, 0.1) is 5.92 Å². The van der Waals surface area contributed by atoms with E-state index in [1.807, 2.05) is 30.3 Å². The van der Waals surface area contributed by atoms with Crippen molar-refractivity contribution in [1.82, 2.24) is 10.2 Å². The van der Waals surface area contributed by atoms with Crippen molar-refractivity contribution in [2.24, 2.45) is 5.92 Å². The largest absolute Gasteiger partial charge is 0.394 e. The Hall–Kier alpha value is -1.39. The molecule has 4 heteroatoms. The van der Waals surface area contributed by atoms with Crippen molar-refractivity contribution in [3.8, 4) is 0 Å². The van der Waals surface area contributed by atoms with Gasteiger partial charge in [0.2, 0.25) is 5.91 Å². The molecule has 1 aliphatic rings. The molecule has 2 rings (SSSR count). The quantitative estimate of drug-likeness (QED) is 0.858. The Bertz CT molecular complexity index is 414. The van der Waals surface area contributed by atoms with Crippen LogP contribution in [0.3, 0.4) is 0 Å². The van der Waals surface area contributed by atoms with Gasteiger partial charge in [0, 0.05) is 0 Å². The average molecular weight is 276 g/mol. The van der Waals surface area contributed by atoms with E-state index in [2.05, 4.69) is 17.1 Å². The summed E-state index contributed by atoms with van der Waals surface area (Å²) in [7, 11) is 0. The summed E-state index contributed by atoms with van der Waals surface area (Å²) in [6.07, 6.45) is 2.32. The Morgan fingerprint density at radius 1 is 1.35 bits per heavy atom. The zero-order valence-corrected chi connectivity index (χ0v) is 12.1. The summed E-state index contributed by atoms with van der Waals surface area (Å²) in [5.41, 5.74) is 0.940. The minimum absolute atomic E-state index is 0.0116. The zero-order chi connectivity index (χ0) is 14.4. The number of rotatable bonds is 5. The number of amides is 1. The molecule has 1 unspecified atom stereocenters. The van der Waals surface area contributed by atoms with Crippen molar-refractivity contribution < 1.29 is 9.90 Å². The minimum Gasteiger partial charge on any atom is -0.394 e. The second-order valence-electron chi connectivity index (χ2n) is 5.67. The number of carbonyl (C=O) groups excluding carboxylic acids is 1. The van der Waals surface area contributed by atoms with Crippen LogP contribution in [0.2, 0.25) is 0 Å². The second-order valence-corrected chi connectivity index (χ2v) is 5.67. The predicted molar refractivity (Wildman–Crippen MR) is 79.2 cm³/mol. The molecule has 0 aromatic heterocycles. The number of likely N-dealkylation sites (tertiary alicyclic amines) is 1. The Labute approximate surface area is 120 Å². The highest BCUT2D eigenvalue weighted by Crippen LogP contribution is 2.16. The van der Waals surface area contributed by atoms with Gasteiger partial charge in [0.1, 0.15) is 0 Å². The second kappa shape index (κ2) is 7.41. The number of aliphatic hydroxyl groups is 1. The molecular weight excluding hydrogens is 252 g/mol. The Morgan fingerprint density at radius 2 is 2.00 bits per heavy atom. The summed E-state index contributed by atoms with van der Waals surface area (Å²) < 4.78 is 0. The monoisotopic (exact) mass is 276 g/mol. The maximum atomic E-state index is 12.1. The first-order chi connectivity index (χ1) is 9.69. The molecule has 1 aliphatic heterocycles. The molecule has 2 N–H and O–H groups in total. The van der Waals surface area contributed by atoms with Crippen molar-refractivity contribution in [3.05, 3.63) is 35.9 Å². The molecular formula is C16H24N2O2. The number of hydrogen-bond donors (Lipinski definition) is 2. The number of nitrogens with one attached hydrogen (secondary N) is 1. The maximum Gasteiger partial charge on any atom is 0.234 e. The van der Waals surface area contributed by atoms with E-state index in [-0.39, 0.29) is 18.6 Å². The van der Waals surface area contributed by atoms with E-state index < -0.39 is 0 Å². The number of piperidine rings is 1. The smallest absolute Gasteiger partial charge is 0.234 e. The predicted octanol–water partition coefficient (Wildman–Crippen LogP) is 1.57. The molecule has 1 saturated heterocycles. The van der Waals surface area contributed by atoms with E-state index in [4.69, 9.17) is 0 Å². The highest BCUT2D eigenvalue weighted by Gasteiger charge is 2.19. The van der Waals surface area contributed by atoms with E-state index >= 15 is 0 Å². The highest BCUT2D eigenvalue weighted by molar-refractivity contribution is 5.78. The van der Waals surface area contributed by atoms with Gasteiger partial charge >= 0.3 is 0 Å². The van der Waals surface area contributed by atoms with Crippen LogP contribution in [0.4, 0.5) is 0 Å². The lowest BCUT2D eigenvalue weighted by Gasteiger charge is -2.30. The highest BCUT2D eigenvalue weighted by atomic mass is 16.3. The van der Waals surface area contributed by atoms with E-state index in [9.17, 15) is 9.90 Å². The lowest BCUT2D eigenvalue weighted by atomic mass is 9.99. The molecule has 1 aromatic carbocycles. The normalized spacial score (nSPS) is 18.7. The van der Waals surface area contributed by atoms with Crippen molar-refractivity contribution in [2.45, 2.75) is 25.8 Å². The van der Waals surface area contributed by atoms with Crippen molar-refractivity contribution in [3.63, 3.8) is 0 Å². The van der Waals surface area contributed by atoms with Crippen molar-refractivity contribution in [1.29, 1.82) is 0 Å². The van der Waals surface area contributed by atoms with Gasteiger partial charge in [-0.3, -0.25) is 9.69 Å². The van der Waals surface area contributed by atoms with Crippen LogP contribution in [0.15, 0.2) is 30.3 Å². The van der Waals surface area contributed by atoms with Crippen LogP contribution >= 0.6 is 0 Å². The first kappa shape index (κ1) is 15.0. The van der Waals surface area contributed by atoms with E-state index in [1.165, 1.54) is 0 Å². The van der Waals surface area contributed by atoms with Gasteiger partial charge in [0.15, 0.2) is 0 Å². The van der Waals surface area contributed by atoms with E-state index in [1.54, 1.807) is 0 Å². The summed E-state index contributed by atoms with van der Waals surface area (Å²) in [4.78, 5) is 14.3. The first-order valence-electron chi connectivity index (χ1n) is 7.36. The fraction of sp³-hybridized carbons (Fsp3) is 0.562. The van der Waals surface area contributed by atoms with Gasteiger partial charge in [0.05, 0.1) is 19.2 Å². The van der Waals surface area contributed by atoms with Gasteiger partial charge in [0.25, 0.3) is 0 Å². The summed E-state index contributed by atoms with van der Waals surface area (Å²) in [5.74, 6) is 0.756. The van der Waals surface area contributed by atoms with Crippen LogP contribution in [0.1, 0.15) is 31.4 Å². The van der Waals surface area contributed by atoms with Gasteiger partial charge in [-0.05, 0) is 37.4 Å². The van der Waals surface area contributed by atoms with E-state index in [0.717, 1.165) is 37.4 Å². The molecule has 1 amide bonds.